The Hall–Kier alpha value is -1.39. The van der Waals surface area contributed by atoms with Crippen LogP contribution >= 0.6 is 0 Å². The Labute approximate surface area is 82.6 Å². The minimum absolute atomic E-state index is 0.744. The van der Waals surface area contributed by atoms with E-state index < -0.39 is 0 Å². The second-order valence-electron chi connectivity index (χ2n) is 3.31. The smallest absolute Gasteiger partial charge is 0.213 e. The Bertz CT molecular complexity index is 294. The fourth-order valence-corrected chi connectivity index (χ4v) is 1.46. The molecule has 2 rings (SSSR count). The lowest BCUT2D eigenvalue weighted by atomic mass is 10.2. The SMILES string of the molecule is c1nc(CCNC2=NCCCC2)no1. The highest BCUT2D eigenvalue weighted by atomic mass is 16.5. The molecule has 1 aliphatic rings. The molecule has 14 heavy (non-hydrogen) atoms. The minimum atomic E-state index is 0.744. The Morgan fingerprint density at radius 1 is 1.43 bits per heavy atom. The van der Waals surface area contributed by atoms with Gasteiger partial charge in [0.05, 0.1) is 5.84 Å². The first-order valence-electron chi connectivity index (χ1n) is 4.97. The molecule has 1 aromatic heterocycles. The molecule has 1 aliphatic heterocycles. The summed E-state index contributed by atoms with van der Waals surface area (Å²) >= 11 is 0. The number of aromatic nitrogens is 2. The molecule has 0 atom stereocenters. The van der Waals surface area contributed by atoms with Crippen molar-refractivity contribution in [3.8, 4) is 0 Å². The van der Waals surface area contributed by atoms with Gasteiger partial charge >= 0.3 is 0 Å². The molecule has 1 aromatic rings. The molecule has 0 aromatic carbocycles. The maximum absolute atomic E-state index is 4.64. The van der Waals surface area contributed by atoms with Crippen molar-refractivity contribution in [3.63, 3.8) is 0 Å². The van der Waals surface area contributed by atoms with E-state index in [2.05, 4.69) is 25.0 Å². The summed E-state index contributed by atoms with van der Waals surface area (Å²) in [5.74, 6) is 1.87. The zero-order valence-corrected chi connectivity index (χ0v) is 8.07. The van der Waals surface area contributed by atoms with E-state index >= 15 is 0 Å². The number of nitrogens with zero attached hydrogens (tertiary/aromatic N) is 3. The lowest BCUT2D eigenvalue weighted by Gasteiger charge is -2.12. The second-order valence-corrected chi connectivity index (χ2v) is 3.31. The second kappa shape index (κ2) is 4.74. The van der Waals surface area contributed by atoms with Crippen LogP contribution in [0.1, 0.15) is 25.1 Å². The standard InChI is InChI=1S/C9H14N4O/c1-2-5-10-8(3-1)11-6-4-9-12-7-14-13-9/h7H,1-6H2,(H,10,11). The monoisotopic (exact) mass is 194 g/mol. The quantitative estimate of drug-likeness (QED) is 0.772. The number of amidine groups is 1. The van der Waals surface area contributed by atoms with Crippen molar-refractivity contribution in [2.24, 2.45) is 4.99 Å². The average Bonchev–Trinajstić information content (AvgIpc) is 2.72. The van der Waals surface area contributed by atoms with E-state index in [9.17, 15) is 0 Å². The number of hydrogen-bond donors (Lipinski definition) is 1. The molecular formula is C9H14N4O. The summed E-state index contributed by atoms with van der Waals surface area (Å²) in [6.07, 6.45) is 5.68. The predicted octanol–water partition coefficient (Wildman–Crippen LogP) is 0.784. The molecule has 0 unspecified atom stereocenters. The van der Waals surface area contributed by atoms with Gasteiger partial charge in [-0.2, -0.15) is 4.98 Å². The summed E-state index contributed by atoms with van der Waals surface area (Å²) in [6.45, 7) is 1.79. The van der Waals surface area contributed by atoms with E-state index in [1.54, 1.807) is 0 Å². The summed E-state index contributed by atoms with van der Waals surface area (Å²) in [4.78, 5) is 8.33. The minimum Gasteiger partial charge on any atom is -0.373 e. The summed E-state index contributed by atoms with van der Waals surface area (Å²) in [6, 6.07) is 0. The topological polar surface area (TPSA) is 63.3 Å². The molecule has 0 aliphatic carbocycles. The number of rotatable bonds is 3. The van der Waals surface area contributed by atoms with Gasteiger partial charge in [0.2, 0.25) is 6.39 Å². The molecule has 0 spiro atoms. The highest BCUT2D eigenvalue weighted by molar-refractivity contribution is 5.82. The van der Waals surface area contributed by atoms with Crippen LogP contribution < -0.4 is 5.32 Å². The van der Waals surface area contributed by atoms with Crippen LogP contribution in [0.5, 0.6) is 0 Å². The lowest BCUT2D eigenvalue weighted by molar-refractivity contribution is 0.409. The van der Waals surface area contributed by atoms with Crippen LogP contribution in [-0.2, 0) is 6.42 Å². The lowest BCUT2D eigenvalue weighted by Crippen LogP contribution is -2.27. The fourth-order valence-electron chi connectivity index (χ4n) is 1.46. The number of aliphatic imine (C=N–C) groups is 1. The van der Waals surface area contributed by atoms with Gasteiger partial charge < -0.3 is 9.84 Å². The molecular weight excluding hydrogens is 180 g/mol. The first-order chi connectivity index (χ1) is 6.95. The van der Waals surface area contributed by atoms with Crippen molar-refractivity contribution in [3.05, 3.63) is 12.2 Å². The maximum Gasteiger partial charge on any atom is 0.213 e. The number of hydrogen-bond acceptors (Lipinski definition) is 5. The van der Waals surface area contributed by atoms with Crippen molar-refractivity contribution < 1.29 is 4.52 Å². The van der Waals surface area contributed by atoms with Crippen LogP contribution in [0.3, 0.4) is 0 Å². The molecule has 5 nitrogen and oxygen atoms in total. The molecule has 2 heterocycles. The van der Waals surface area contributed by atoms with Gasteiger partial charge in [0.15, 0.2) is 5.82 Å². The van der Waals surface area contributed by atoms with Crippen LogP contribution in [0.4, 0.5) is 0 Å². The van der Waals surface area contributed by atoms with E-state index in [1.807, 2.05) is 0 Å². The molecule has 0 amide bonds. The van der Waals surface area contributed by atoms with Crippen LogP contribution in [0, 0.1) is 0 Å². The van der Waals surface area contributed by atoms with E-state index in [0.29, 0.717) is 0 Å². The van der Waals surface area contributed by atoms with E-state index in [1.165, 1.54) is 19.2 Å². The average molecular weight is 194 g/mol. The van der Waals surface area contributed by atoms with Gasteiger partial charge in [-0.15, -0.1) is 0 Å². The number of nitrogens with one attached hydrogen (secondary N) is 1. The van der Waals surface area contributed by atoms with Gasteiger partial charge in [-0.25, -0.2) is 0 Å². The molecule has 0 bridgehead atoms. The molecule has 0 saturated carbocycles. The van der Waals surface area contributed by atoms with Crippen LogP contribution in [0.15, 0.2) is 15.9 Å². The van der Waals surface area contributed by atoms with Crippen LogP contribution in [0.25, 0.3) is 0 Å². The van der Waals surface area contributed by atoms with Gasteiger partial charge in [-0.1, -0.05) is 5.16 Å². The Morgan fingerprint density at radius 2 is 2.43 bits per heavy atom. The normalized spacial score (nSPS) is 16.4. The van der Waals surface area contributed by atoms with Gasteiger partial charge in [-0.05, 0) is 12.8 Å². The van der Waals surface area contributed by atoms with Crippen molar-refractivity contribution in [2.45, 2.75) is 25.7 Å². The molecule has 1 N–H and O–H groups in total. The van der Waals surface area contributed by atoms with Gasteiger partial charge in [0.1, 0.15) is 0 Å². The molecule has 5 heteroatoms. The van der Waals surface area contributed by atoms with Gasteiger partial charge in [-0.3, -0.25) is 4.99 Å². The highest BCUT2D eigenvalue weighted by Crippen LogP contribution is 2.03. The van der Waals surface area contributed by atoms with Crippen molar-refractivity contribution in [1.82, 2.24) is 15.5 Å². The summed E-state index contributed by atoms with van der Waals surface area (Å²) in [7, 11) is 0. The Morgan fingerprint density at radius 3 is 3.14 bits per heavy atom. The van der Waals surface area contributed by atoms with E-state index in [0.717, 1.165) is 37.6 Å². The van der Waals surface area contributed by atoms with Crippen molar-refractivity contribution in [2.75, 3.05) is 13.1 Å². The Kier molecular flexibility index (Phi) is 3.10. The molecule has 0 radical (unpaired) electrons. The molecule has 0 fully saturated rings. The Balaban J connectivity index is 1.70. The fraction of sp³-hybridized carbons (Fsp3) is 0.667. The predicted molar refractivity (Wildman–Crippen MR) is 52.2 cm³/mol. The van der Waals surface area contributed by atoms with Crippen LogP contribution in [-0.4, -0.2) is 29.1 Å². The van der Waals surface area contributed by atoms with Gasteiger partial charge in [0.25, 0.3) is 0 Å². The van der Waals surface area contributed by atoms with Crippen molar-refractivity contribution >= 4 is 5.84 Å². The van der Waals surface area contributed by atoms with E-state index in [-0.39, 0.29) is 0 Å². The zero-order valence-electron chi connectivity index (χ0n) is 8.07. The maximum atomic E-state index is 4.64. The third-order valence-corrected chi connectivity index (χ3v) is 2.21. The highest BCUT2D eigenvalue weighted by Gasteiger charge is 2.04. The summed E-state index contributed by atoms with van der Waals surface area (Å²) in [5.41, 5.74) is 0. The first-order valence-corrected chi connectivity index (χ1v) is 4.97. The largest absolute Gasteiger partial charge is 0.373 e. The van der Waals surface area contributed by atoms with Crippen molar-refractivity contribution in [1.29, 1.82) is 0 Å². The summed E-state index contributed by atoms with van der Waals surface area (Å²) in [5, 5.41) is 7.02. The first kappa shape index (κ1) is 9.18. The van der Waals surface area contributed by atoms with E-state index in [4.69, 9.17) is 0 Å². The van der Waals surface area contributed by atoms with Crippen LogP contribution in [0.2, 0.25) is 0 Å². The third kappa shape index (κ3) is 2.55. The molecule has 76 valence electrons. The third-order valence-electron chi connectivity index (χ3n) is 2.21. The summed E-state index contributed by atoms with van der Waals surface area (Å²) < 4.78 is 4.64. The van der Waals surface area contributed by atoms with Gasteiger partial charge in [0, 0.05) is 25.9 Å². The molecule has 0 saturated heterocycles. The zero-order chi connectivity index (χ0) is 9.64.